The second kappa shape index (κ2) is 30.5. The Kier molecular flexibility index (Phi) is 29.8. The molecule has 2 unspecified atom stereocenters. The Morgan fingerprint density at radius 2 is 1.59 bits per heavy atom. The Labute approximate surface area is 366 Å². The average Bonchev–Trinajstić information content (AvgIpc) is 3.17. The lowest BCUT2D eigenvalue weighted by Crippen LogP contribution is -2.50. The van der Waals surface area contributed by atoms with E-state index in [0.29, 0.717) is 23.7 Å². The van der Waals surface area contributed by atoms with E-state index >= 15 is 0 Å². The van der Waals surface area contributed by atoms with E-state index < -0.39 is 0 Å². The number of aliphatic imine (C=N–C) groups is 1. The van der Waals surface area contributed by atoms with E-state index in [9.17, 15) is 4.39 Å². The van der Waals surface area contributed by atoms with E-state index in [0.717, 1.165) is 70.9 Å². The van der Waals surface area contributed by atoms with Gasteiger partial charge in [0.15, 0.2) is 0 Å². The molecule has 1 saturated heterocycles. The van der Waals surface area contributed by atoms with Crippen LogP contribution >= 0.6 is 0 Å². The smallest absolute Gasteiger partial charge is 0.0867 e. The molecule has 1 aromatic carbocycles. The fourth-order valence-electron chi connectivity index (χ4n) is 7.44. The normalized spacial score (nSPS) is 21.3. The molecule has 2 atom stereocenters. The third-order valence-electron chi connectivity index (χ3n) is 11.3. The molecule has 1 aromatic rings. The van der Waals surface area contributed by atoms with Gasteiger partial charge in [-0.15, -0.1) is 13.2 Å². The fraction of sp³-hybridized carbons (Fsp3) is 0.582. The monoisotopic (exact) mass is 814 g/mol. The molecule has 1 aliphatic heterocycles. The van der Waals surface area contributed by atoms with Gasteiger partial charge in [0.1, 0.15) is 0 Å². The topological polar surface area (TPSA) is 36.4 Å². The molecule has 0 amide bonds. The number of piperidine rings is 1. The molecule has 1 heterocycles. The first-order chi connectivity index (χ1) is 27.6. The molecule has 2 fully saturated rings. The minimum atomic E-state index is -0.0551. The Morgan fingerprint density at radius 1 is 1.02 bits per heavy atom. The lowest BCUT2D eigenvalue weighted by Gasteiger charge is -2.44. The Morgan fingerprint density at radius 3 is 1.95 bits per heavy atom. The van der Waals surface area contributed by atoms with Crippen molar-refractivity contribution in [2.75, 3.05) is 6.54 Å². The molecule has 0 spiro atoms. The minimum Gasteiger partial charge on any atom is -0.359 e. The highest BCUT2D eigenvalue weighted by Gasteiger charge is 2.39. The number of hydrogen-bond acceptors (Lipinski definition) is 3. The van der Waals surface area contributed by atoms with Gasteiger partial charge in [0.05, 0.1) is 12.0 Å². The van der Waals surface area contributed by atoms with Gasteiger partial charge in [-0.05, 0) is 155 Å². The molecule has 2 N–H and O–H groups in total. The largest absolute Gasteiger partial charge is 0.359 e. The first-order valence-electron chi connectivity index (χ1n) is 22.6. The summed E-state index contributed by atoms with van der Waals surface area (Å²) in [4.78, 5) is 4.64. The molecule has 0 aromatic heterocycles. The van der Waals surface area contributed by atoms with E-state index in [4.69, 9.17) is 0 Å². The fourth-order valence-corrected chi connectivity index (χ4v) is 7.44. The summed E-state index contributed by atoms with van der Waals surface area (Å²) in [7, 11) is 0. The lowest BCUT2D eigenvalue weighted by molar-refractivity contribution is 0.233. The van der Waals surface area contributed by atoms with Crippen molar-refractivity contribution in [3.8, 4) is 0 Å². The van der Waals surface area contributed by atoms with Crippen LogP contribution < -0.4 is 10.6 Å². The van der Waals surface area contributed by atoms with Crippen LogP contribution in [0.5, 0.6) is 0 Å². The van der Waals surface area contributed by atoms with E-state index in [1.807, 2.05) is 45.9 Å². The van der Waals surface area contributed by atoms with Gasteiger partial charge in [0.25, 0.3) is 0 Å². The molecule has 0 radical (unpaired) electrons. The Bertz CT molecular complexity index is 1540. The van der Waals surface area contributed by atoms with Gasteiger partial charge in [-0.2, -0.15) is 0 Å². The van der Waals surface area contributed by atoms with Gasteiger partial charge < -0.3 is 10.6 Å². The van der Waals surface area contributed by atoms with E-state index in [1.165, 1.54) is 54.9 Å². The summed E-state index contributed by atoms with van der Waals surface area (Å²) in [5, 5.41) is 7.16. The maximum absolute atomic E-state index is 12.6. The van der Waals surface area contributed by atoms with Crippen molar-refractivity contribution in [1.82, 2.24) is 10.6 Å². The van der Waals surface area contributed by atoms with Gasteiger partial charge in [-0.3, -0.25) is 4.99 Å². The Hall–Kier alpha value is -3.50. The first kappa shape index (κ1) is 57.6. The number of halogens is 1. The van der Waals surface area contributed by atoms with Crippen LogP contribution in [0.2, 0.25) is 0 Å². The zero-order valence-corrected chi connectivity index (χ0v) is 41.5. The molecule has 0 bridgehead atoms. The molecule has 1 aliphatic carbocycles. The van der Waals surface area contributed by atoms with E-state index in [1.54, 1.807) is 12.3 Å². The molecule has 3 rings (SSSR count). The quantitative estimate of drug-likeness (QED) is 0.112. The average molecular weight is 814 g/mol. The van der Waals surface area contributed by atoms with Crippen molar-refractivity contribution in [2.45, 2.75) is 174 Å². The number of nitrogens with zero attached hydrogens (tertiary/aromatic N) is 1. The van der Waals surface area contributed by atoms with Crippen molar-refractivity contribution >= 4 is 11.8 Å². The number of hydrogen-bond donors (Lipinski definition) is 2. The zero-order valence-electron chi connectivity index (χ0n) is 41.5. The molecule has 1 saturated carbocycles. The molecule has 59 heavy (non-hydrogen) atoms. The van der Waals surface area contributed by atoms with Crippen molar-refractivity contribution in [3.05, 3.63) is 126 Å². The van der Waals surface area contributed by atoms with Crippen LogP contribution in [-0.2, 0) is 5.41 Å². The highest BCUT2D eigenvalue weighted by Crippen LogP contribution is 2.41. The predicted octanol–water partition coefficient (Wildman–Crippen LogP) is 16.8. The van der Waals surface area contributed by atoms with Gasteiger partial charge in [0.2, 0.25) is 0 Å². The number of rotatable bonds is 14. The van der Waals surface area contributed by atoms with Crippen molar-refractivity contribution in [3.63, 3.8) is 0 Å². The van der Waals surface area contributed by atoms with Crippen LogP contribution in [0.25, 0.3) is 5.57 Å². The van der Waals surface area contributed by atoms with Crippen LogP contribution in [0, 0.1) is 36.0 Å². The first-order valence-corrected chi connectivity index (χ1v) is 22.6. The zero-order chi connectivity index (χ0) is 45.9. The van der Waals surface area contributed by atoms with E-state index in [2.05, 4.69) is 150 Å². The molecular formula is C55H92FN3. The second-order valence-electron chi connectivity index (χ2n) is 18.6. The summed E-state index contributed by atoms with van der Waals surface area (Å²) in [5.41, 5.74) is 9.84. The summed E-state index contributed by atoms with van der Waals surface area (Å²) in [6.45, 7) is 52.8. The van der Waals surface area contributed by atoms with Crippen molar-refractivity contribution in [1.29, 1.82) is 0 Å². The minimum absolute atomic E-state index is 0.0551. The van der Waals surface area contributed by atoms with Crippen LogP contribution in [0.15, 0.2) is 114 Å². The Balaban J connectivity index is 0. The van der Waals surface area contributed by atoms with Crippen LogP contribution in [0.4, 0.5) is 4.39 Å². The maximum Gasteiger partial charge on any atom is 0.0867 e. The maximum atomic E-state index is 12.6. The van der Waals surface area contributed by atoms with Crippen LogP contribution in [-0.4, -0.2) is 18.8 Å². The highest BCUT2D eigenvalue weighted by molar-refractivity contribution is 5.75. The van der Waals surface area contributed by atoms with E-state index in [-0.39, 0.29) is 5.41 Å². The molecule has 3 nitrogen and oxygen atoms in total. The van der Waals surface area contributed by atoms with Crippen LogP contribution in [0.1, 0.15) is 172 Å². The van der Waals surface area contributed by atoms with Gasteiger partial charge in [-0.1, -0.05) is 132 Å². The molecule has 4 heteroatoms. The number of aryl methyl sites for hydroxylation is 1. The molecule has 2 aliphatic rings. The number of benzene rings is 1. The van der Waals surface area contributed by atoms with Gasteiger partial charge in [0, 0.05) is 35.6 Å². The predicted molar refractivity (Wildman–Crippen MR) is 268 cm³/mol. The third kappa shape index (κ3) is 22.1. The second-order valence-corrected chi connectivity index (χ2v) is 18.6. The number of allylic oxidation sites excluding steroid dienone is 8. The SMILES string of the molecule is C=C.C=C(/C=C(N=CC)\C(C)=C(/C)NC(/C=C\C)=C/C=C\F)c1ccc(C2(C(=C)C)CCC(C(C)C)NC2)c(C)c1.CC(C)C.CC1CC(C)C1.CCCC(C)(C)CC. The lowest BCUT2D eigenvalue weighted by atomic mass is 9.67. The summed E-state index contributed by atoms with van der Waals surface area (Å²) < 4.78 is 12.6. The van der Waals surface area contributed by atoms with Crippen LogP contribution in [0.3, 0.4) is 0 Å². The highest BCUT2D eigenvalue weighted by atomic mass is 19.1. The standard InChI is InChI=1S/C35H48FN3.C8H18.C6H12.C4H10.C2H4/c1-11-14-31(15-13-20-36)39-29(10)28(9)34(37-12-2)22-26(7)30-16-17-32(27(8)21-30)35(25(5)6)19-18-33(24(3)4)38-23-35;1-5-7-8(3,4)6-2;1-5-3-6(2)4-5;1-4(2)3;1-2/h11-17,20-22,24,33,38-39H,5,7,18-19,23H2,1-4,6,8-10H3;5-7H2,1-4H3;5-6H,3-4H2,1-2H3;4H,1-3H3;1-2H2/b14-11-,20-13-,29-28+,31-15+,34-22+,37-12?;;;;. The number of nitrogens with one attached hydrogen (secondary N) is 2. The van der Waals surface area contributed by atoms with Crippen molar-refractivity contribution in [2.24, 2.45) is 34.1 Å². The summed E-state index contributed by atoms with van der Waals surface area (Å²) >= 11 is 0. The van der Waals surface area contributed by atoms with Gasteiger partial charge >= 0.3 is 0 Å². The summed E-state index contributed by atoms with van der Waals surface area (Å²) in [6.07, 6.45) is 20.4. The summed E-state index contributed by atoms with van der Waals surface area (Å²) in [5.74, 6) is 3.54. The molecule has 334 valence electrons. The van der Waals surface area contributed by atoms with Crippen molar-refractivity contribution < 1.29 is 4.39 Å². The molecular weight excluding hydrogens is 722 g/mol. The third-order valence-corrected chi connectivity index (χ3v) is 11.3. The van der Waals surface area contributed by atoms with Gasteiger partial charge in [-0.25, -0.2) is 4.39 Å². The summed E-state index contributed by atoms with van der Waals surface area (Å²) in [6, 6.07) is 7.23.